The van der Waals surface area contributed by atoms with Crippen LogP contribution in [0.25, 0.3) is 11.0 Å². The van der Waals surface area contributed by atoms with Gasteiger partial charge in [-0.15, -0.1) is 0 Å². The standard InChI is InChI=1S/C28H27N3O5S/c1-4-17(2)35-21-12-9-18(10-13-21)26(32)31-28(37)29-20-11-14-22(24(16-20)34-3)30-27(33)25-15-19-7-5-6-8-23(19)36-25/h5-17H,4H2,1-3H3,(H,30,33)(H2,29,31,32,37)/t17-/m1/s1. The van der Waals surface area contributed by atoms with E-state index in [1.807, 2.05) is 32.0 Å². The van der Waals surface area contributed by atoms with Crippen LogP contribution in [0.15, 0.2) is 77.2 Å². The molecule has 0 saturated carbocycles. The number of benzene rings is 3. The SMILES string of the molecule is CC[C@@H](C)Oc1ccc(C(=O)NC(=S)Nc2ccc(NC(=O)c3cc4ccccc4o3)c(OC)c2)cc1. The summed E-state index contributed by atoms with van der Waals surface area (Å²) in [5, 5.41) is 9.36. The van der Waals surface area contributed by atoms with Gasteiger partial charge in [-0.3, -0.25) is 14.9 Å². The van der Waals surface area contributed by atoms with E-state index in [9.17, 15) is 9.59 Å². The van der Waals surface area contributed by atoms with Gasteiger partial charge >= 0.3 is 0 Å². The summed E-state index contributed by atoms with van der Waals surface area (Å²) in [6.07, 6.45) is 0.986. The molecule has 2 amide bonds. The molecule has 0 aliphatic rings. The average Bonchev–Trinajstić information content (AvgIpc) is 3.34. The van der Waals surface area contributed by atoms with E-state index in [1.165, 1.54) is 7.11 Å². The molecular formula is C28H27N3O5S. The average molecular weight is 518 g/mol. The second-order valence-electron chi connectivity index (χ2n) is 8.29. The third-order valence-corrected chi connectivity index (χ3v) is 5.82. The normalized spacial score (nSPS) is 11.4. The molecule has 8 nitrogen and oxygen atoms in total. The molecule has 0 fully saturated rings. The van der Waals surface area contributed by atoms with Crippen molar-refractivity contribution in [2.45, 2.75) is 26.4 Å². The molecule has 3 aromatic carbocycles. The summed E-state index contributed by atoms with van der Waals surface area (Å²) in [5.41, 5.74) is 2.10. The number of anilines is 2. The van der Waals surface area contributed by atoms with Crippen LogP contribution in [-0.4, -0.2) is 30.1 Å². The van der Waals surface area contributed by atoms with E-state index in [2.05, 4.69) is 16.0 Å². The zero-order valence-electron chi connectivity index (χ0n) is 20.7. The minimum absolute atomic E-state index is 0.0958. The summed E-state index contributed by atoms with van der Waals surface area (Å²) in [4.78, 5) is 25.3. The number of hydrogen-bond acceptors (Lipinski definition) is 6. The third kappa shape index (κ3) is 6.45. The van der Waals surface area contributed by atoms with E-state index >= 15 is 0 Å². The highest BCUT2D eigenvalue weighted by Gasteiger charge is 2.16. The van der Waals surface area contributed by atoms with Crippen LogP contribution in [0, 0.1) is 0 Å². The molecule has 0 bridgehead atoms. The maximum absolute atomic E-state index is 12.7. The van der Waals surface area contributed by atoms with Crippen molar-refractivity contribution in [3.63, 3.8) is 0 Å². The van der Waals surface area contributed by atoms with Crippen LogP contribution >= 0.6 is 12.2 Å². The highest BCUT2D eigenvalue weighted by Crippen LogP contribution is 2.29. The monoisotopic (exact) mass is 517 g/mol. The Morgan fingerprint density at radius 1 is 0.973 bits per heavy atom. The van der Waals surface area contributed by atoms with Crippen molar-refractivity contribution < 1.29 is 23.5 Å². The van der Waals surface area contributed by atoms with Gasteiger partial charge in [0.1, 0.15) is 17.1 Å². The molecule has 0 saturated heterocycles. The first kappa shape index (κ1) is 25.7. The Labute approximate surface area is 219 Å². The van der Waals surface area contributed by atoms with E-state index in [0.717, 1.165) is 11.8 Å². The second kappa shape index (κ2) is 11.6. The van der Waals surface area contributed by atoms with Crippen LogP contribution < -0.4 is 25.4 Å². The zero-order valence-corrected chi connectivity index (χ0v) is 21.5. The Hall–Kier alpha value is -4.37. The van der Waals surface area contributed by atoms with Crippen molar-refractivity contribution in [1.29, 1.82) is 0 Å². The predicted octanol–water partition coefficient (Wildman–Crippen LogP) is 6.00. The maximum atomic E-state index is 12.7. The molecule has 9 heteroatoms. The lowest BCUT2D eigenvalue weighted by atomic mass is 10.2. The van der Waals surface area contributed by atoms with Gasteiger partial charge in [0, 0.05) is 22.7 Å². The van der Waals surface area contributed by atoms with E-state index in [1.54, 1.807) is 54.6 Å². The molecule has 1 atom stereocenters. The van der Waals surface area contributed by atoms with Crippen molar-refractivity contribution in [2.24, 2.45) is 0 Å². The van der Waals surface area contributed by atoms with Crippen LogP contribution in [0.3, 0.4) is 0 Å². The molecule has 0 unspecified atom stereocenters. The summed E-state index contributed by atoms with van der Waals surface area (Å²) < 4.78 is 16.8. The lowest BCUT2D eigenvalue weighted by Gasteiger charge is -2.14. The predicted molar refractivity (Wildman–Crippen MR) is 148 cm³/mol. The Morgan fingerprint density at radius 3 is 2.43 bits per heavy atom. The lowest BCUT2D eigenvalue weighted by molar-refractivity contribution is 0.0975. The van der Waals surface area contributed by atoms with Crippen molar-refractivity contribution in [2.75, 3.05) is 17.7 Å². The van der Waals surface area contributed by atoms with Crippen molar-refractivity contribution >= 4 is 51.5 Å². The first-order valence-electron chi connectivity index (χ1n) is 11.7. The number of furan rings is 1. The van der Waals surface area contributed by atoms with Gasteiger partial charge in [-0.05, 0) is 74.1 Å². The van der Waals surface area contributed by atoms with Gasteiger partial charge in [0.2, 0.25) is 0 Å². The number of rotatable bonds is 8. The van der Waals surface area contributed by atoms with Crippen LogP contribution in [-0.2, 0) is 0 Å². The topological polar surface area (TPSA) is 102 Å². The molecule has 3 N–H and O–H groups in total. The summed E-state index contributed by atoms with van der Waals surface area (Å²) in [6.45, 7) is 4.03. The maximum Gasteiger partial charge on any atom is 0.291 e. The van der Waals surface area contributed by atoms with Crippen LogP contribution in [0.1, 0.15) is 41.2 Å². The van der Waals surface area contributed by atoms with Crippen LogP contribution in [0.2, 0.25) is 0 Å². The van der Waals surface area contributed by atoms with Crippen LogP contribution in [0.5, 0.6) is 11.5 Å². The van der Waals surface area contributed by atoms with Gasteiger partial charge in [-0.2, -0.15) is 0 Å². The number of carbonyl (C=O) groups is 2. The smallest absolute Gasteiger partial charge is 0.291 e. The summed E-state index contributed by atoms with van der Waals surface area (Å²) in [7, 11) is 1.49. The zero-order chi connectivity index (χ0) is 26.4. The number of para-hydroxylation sites is 1. The van der Waals surface area contributed by atoms with Crippen molar-refractivity contribution in [3.8, 4) is 11.5 Å². The van der Waals surface area contributed by atoms with Crippen LogP contribution in [0.4, 0.5) is 11.4 Å². The molecule has 190 valence electrons. The number of amides is 2. The molecule has 37 heavy (non-hydrogen) atoms. The number of methoxy groups -OCH3 is 1. The van der Waals surface area contributed by atoms with Gasteiger partial charge in [-0.25, -0.2) is 0 Å². The van der Waals surface area contributed by atoms with E-state index < -0.39 is 5.91 Å². The quantitative estimate of drug-likeness (QED) is 0.247. The lowest BCUT2D eigenvalue weighted by Crippen LogP contribution is -2.34. The molecule has 4 aromatic rings. The number of fused-ring (bicyclic) bond motifs is 1. The van der Waals surface area contributed by atoms with E-state index in [4.69, 9.17) is 26.1 Å². The van der Waals surface area contributed by atoms with E-state index in [0.29, 0.717) is 34.0 Å². The fourth-order valence-corrected chi connectivity index (χ4v) is 3.70. The second-order valence-corrected chi connectivity index (χ2v) is 8.70. The molecule has 0 radical (unpaired) electrons. The fraction of sp³-hybridized carbons (Fsp3) is 0.179. The van der Waals surface area contributed by atoms with Gasteiger partial charge in [-0.1, -0.05) is 25.1 Å². The van der Waals surface area contributed by atoms with Gasteiger partial charge in [0.15, 0.2) is 10.9 Å². The molecule has 1 heterocycles. The fourth-order valence-electron chi connectivity index (χ4n) is 3.49. The van der Waals surface area contributed by atoms with Crippen molar-refractivity contribution in [3.05, 3.63) is 84.1 Å². The largest absolute Gasteiger partial charge is 0.494 e. The molecule has 4 rings (SSSR count). The minimum Gasteiger partial charge on any atom is -0.494 e. The molecule has 0 aliphatic carbocycles. The summed E-state index contributed by atoms with van der Waals surface area (Å²) in [6, 6.07) is 21.0. The van der Waals surface area contributed by atoms with E-state index in [-0.39, 0.29) is 22.9 Å². The number of ether oxygens (including phenoxy) is 2. The first-order chi connectivity index (χ1) is 17.9. The summed E-state index contributed by atoms with van der Waals surface area (Å²) >= 11 is 5.30. The molecular weight excluding hydrogens is 490 g/mol. The molecule has 0 aliphatic heterocycles. The number of carbonyl (C=O) groups excluding carboxylic acids is 2. The molecule has 0 spiro atoms. The first-order valence-corrected chi connectivity index (χ1v) is 12.1. The number of thiocarbonyl (C=S) groups is 1. The van der Waals surface area contributed by atoms with Gasteiger partial charge in [0.05, 0.1) is 18.9 Å². The highest BCUT2D eigenvalue weighted by molar-refractivity contribution is 7.80. The van der Waals surface area contributed by atoms with Gasteiger partial charge in [0.25, 0.3) is 11.8 Å². The Balaban J connectivity index is 1.37. The van der Waals surface area contributed by atoms with Gasteiger partial charge < -0.3 is 24.5 Å². The minimum atomic E-state index is -0.404. The summed E-state index contributed by atoms with van der Waals surface area (Å²) in [5.74, 6) is 0.535. The Kier molecular flexibility index (Phi) is 8.05. The third-order valence-electron chi connectivity index (χ3n) is 5.61. The molecule has 1 aromatic heterocycles. The Morgan fingerprint density at radius 2 is 1.73 bits per heavy atom. The Bertz CT molecular complexity index is 1400. The number of nitrogens with one attached hydrogen (secondary N) is 3. The van der Waals surface area contributed by atoms with Crippen molar-refractivity contribution in [1.82, 2.24) is 5.32 Å². The highest BCUT2D eigenvalue weighted by atomic mass is 32.1. The number of hydrogen-bond donors (Lipinski definition) is 3.